The van der Waals surface area contributed by atoms with Crippen LogP contribution >= 0.6 is 0 Å². The summed E-state index contributed by atoms with van der Waals surface area (Å²) >= 11 is 0. The molecule has 0 aliphatic heterocycles. The maximum absolute atomic E-state index is 11.7. The number of amides is 2. The summed E-state index contributed by atoms with van der Waals surface area (Å²) in [6, 6.07) is -0.634. The molecule has 0 aromatic carbocycles. The highest BCUT2D eigenvalue weighted by Crippen LogP contribution is 2.04. The molecule has 0 aromatic heterocycles. The number of nitrogens with one attached hydrogen (secondary N) is 2. The molecule has 0 aliphatic carbocycles. The van der Waals surface area contributed by atoms with Crippen LogP contribution < -0.4 is 16.4 Å². The molecule has 0 radical (unpaired) electrons. The quantitative estimate of drug-likeness (QED) is 0.544. The molecule has 0 spiro atoms. The van der Waals surface area contributed by atoms with E-state index in [1.54, 1.807) is 0 Å². The molecular formula is C11H21N3O3. The van der Waals surface area contributed by atoms with Crippen LogP contribution in [0.4, 0.5) is 0 Å². The predicted molar refractivity (Wildman–Crippen MR) is 64.1 cm³/mol. The fourth-order valence-corrected chi connectivity index (χ4v) is 1.29. The Labute approximate surface area is 101 Å². The first-order chi connectivity index (χ1) is 7.86. The van der Waals surface area contributed by atoms with Crippen molar-refractivity contribution in [1.82, 2.24) is 10.6 Å². The summed E-state index contributed by atoms with van der Waals surface area (Å²) in [6.45, 7) is 5.09. The predicted octanol–water partition coefficient (Wildman–Crippen LogP) is -0.819. The summed E-state index contributed by atoms with van der Waals surface area (Å²) in [5.74, 6) is -0.614. The summed E-state index contributed by atoms with van der Waals surface area (Å²) in [4.78, 5) is 33.6. The summed E-state index contributed by atoms with van der Waals surface area (Å²) in [6.07, 6.45) is 0.509. The van der Waals surface area contributed by atoms with Gasteiger partial charge in [0.25, 0.3) is 0 Å². The number of carbonyl (C=O) groups excluding carboxylic acids is 3. The molecule has 0 saturated carbocycles. The third-order valence-corrected chi connectivity index (χ3v) is 2.06. The van der Waals surface area contributed by atoms with E-state index in [9.17, 15) is 14.4 Å². The van der Waals surface area contributed by atoms with Gasteiger partial charge in [-0.25, -0.2) is 0 Å². The highest BCUT2D eigenvalue weighted by Gasteiger charge is 2.21. The molecule has 0 fully saturated rings. The van der Waals surface area contributed by atoms with Crippen molar-refractivity contribution in [3.63, 3.8) is 0 Å². The van der Waals surface area contributed by atoms with E-state index in [2.05, 4.69) is 10.6 Å². The van der Waals surface area contributed by atoms with Crippen molar-refractivity contribution in [2.45, 2.75) is 33.2 Å². The van der Waals surface area contributed by atoms with E-state index in [1.807, 2.05) is 13.8 Å². The van der Waals surface area contributed by atoms with Crippen LogP contribution in [0.25, 0.3) is 0 Å². The van der Waals surface area contributed by atoms with E-state index in [0.717, 1.165) is 0 Å². The van der Waals surface area contributed by atoms with Crippen molar-refractivity contribution in [3.8, 4) is 0 Å². The van der Waals surface area contributed by atoms with Gasteiger partial charge in [0.2, 0.25) is 11.8 Å². The fraction of sp³-hybridized carbons (Fsp3) is 0.727. The van der Waals surface area contributed by atoms with Crippen molar-refractivity contribution in [1.29, 1.82) is 0 Å². The summed E-state index contributed by atoms with van der Waals surface area (Å²) in [5.41, 5.74) is 5.18. The molecule has 0 heterocycles. The number of nitrogens with two attached hydrogens (primary N) is 1. The number of ketones is 1. The highest BCUT2D eigenvalue weighted by molar-refractivity contribution is 5.90. The van der Waals surface area contributed by atoms with Gasteiger partial charge in [-0.2, -0.15) is 0 Å². The van der Waals surface area contributed by atoms with E-state index >= 15 is 0 Å². The van der Waals surface area contributed by atoms with E-state index < -0.39 is 6.04 Å². The first-order valence-corrected chi connectivity index (χ1v) is 5.63. The molecule has 4 N–H and O–H groups in total. The molecule has 17 heavy (non-hydrogen) atoms. The molecule has 2 amide bonds. The van der Waals surface area contributed by atoms with Crippen LogP contribution in [0.1, 0.15) is 27.2 Å². The molecule has 0 aromatic rings. The monoisotopic (exact) mass is 243 g/mol. The number of hydrogen-bond acceptors (Lipinski definition) is 4. The Bertz CT molecular complexity index is 290. The second kappa shape index (κ2) is 7.78. The summed E-state index contributed by atoms with van der Waals surface area (Å²) in [5, 5.41) is 5.01. The van der Waals surface area contributed by atoms with Gasteiger partial charge < -0.3 is 16.4 Å². The first-order valence-electron chi connectivity index (χ1n) is 5.63. The average molecular weight is 243 g/mol. The second-order valence-electron chi connectivity index (χ2n) is 4.37. The lowest BCUT2D eigenvalue weighted by atomic mass is 10.0. The normalized spacial score (nSPS) is 12.1. The summed E-state index contributed by atoms with van der Waals surface area (Å²) < 4.78 is 0. The van der Waals surface area contributed by atoms with Gasteiger partial charge in [0.1, 0.15) is 11.8 Å². The van der Waals surface area contributed by atoms with Crippen LogP contribution in [0, 0.1) is 5.92 Å². The minimum absolute atomic E-state index is 0.0219. The van der Waals surface area contributed by atoms with Gasteiger partial charge in [-0.3, -0.25) is 14.4 Å². The molecular weight excluding hydrogens is 222 g/mol. The minimum Gasteiger partial charge on any atom is -0.347 e. The number of carbonyl (C=O) groups is 3. The molecule has 0 bridgehead atoms. The SMILES string of the molecule is CC(=O)CNC(=O)[C@H](CC(C)C)NC(=O)CN. The van der Waals surface area contributed by atoms with Crippen LogP contribution in [0.15, 0.2) is 0 Å². The lowest BCUT2D eigenvalue weighted by Gasteiger charge is -2.19. The third kappa shape index (κ3) is 7.46. The molecule has 0 saturated heterocycles. The van der Waals surface area contributed by atoms with Gasteiger partial charge in [0.15, 0.2) is 0 Å². The van der Waals surface area contributed by atoms with Gasteiger partial charge >= 0.3 is 0 Å². The topological polar surface area (TPSA) is 101 Å². The zero-order valence-electron chi connectivity index (χ0n) is 10.6. The van der Waals surface area contributed by atoms with Crippen LogP contribution in [-0.2, 0) is 14.4 Å². The van der Waals surface area contributed by atoms with Crippen molar-refractivity contribution in [3.05, 3.63) is 0 Å². The maximum atomic E-state index is 11.7. The van der Waals surface area contributed by atoms with Crippen molar-refractivity contribution in [2.24, 2.45) is 11.7 Å². The van der Waals surface area contributed by atoms with Gasteiger partial charge in [0, 0.05) is 0 Å². The van der Waals surface area contributed by atoms with Crippen LogP contribution in [0.2, 0.25) is 0 Å². The second-order valence-corrected chi connectivity index (χ2v) is 4.37. The van der Waals surface area contributed by atoms with Crippen molar-refractivity contribution < 1.29 is 14.4 Å². The standard InChI is InChI=1S/C11H21N3O3/c1-7(2)4-9(14-10(16)5-12)11(17)13-6-8(3)15/h7,9H,4-6,12H2,1-3H3,(H,13,17)(H,14,16)/t9-/m0/s1. The molecule has 6 nitrogen and oxygen atoms in total. The Hall–Kier alpha value is -1.43. The first kappa shape index (κ1) is 15.6. The Balaban J connectivity index is 4.39. The lowest BCUT2D eigenvalue weighted by molar-refractivity contribution is -0.129. The fourth-order valence-electron chi connectivity index (χ4n) is 1.29. The van der Waals surface area contributed by atoms with Crippen LogP contribution in [0.5, 0.6) is 0 Å². The Morgan fingerprint density at radius 2 is 1.82 bits per heavy atom. The Kier molecular flexibility index (Phi) is 7.13. The minimum atomic E-state index is -0.634. The molecule has 0 rings (SSSR count). The maximum Gasteiger partial charge on any atom is 0.242 e. The van der Waals surface area contributed by atoms with Gasteiger partial charge in [-0.15, -0.1) is 0 Å². The summed E-state index contributed by atoms with van der Waals surface area (Å²) in [7, 11) is 0. The van der Waals surface area contributed by atoms with Gasteiger partial charge in [-0.1, -0.05) is 13.8 Å². The van der Waals surface area contributed by atoms with E-state index in [4.69, 9.17) is 5.73 Å². The number of hydrogen-bond donors (Lipinski definition) is 3. The van der Waals surface area contributed by atoms with E-state index in [0.29, 0.717) is 6.42 Å². The van der Waals surface area contributed by atoms with Crippen LogP contribution in [0.3, 0.4) is 0 Å². The zero-order valence-corrected chi connectivity index (χ0v) is 10.6. The number of Topliss-reactive ketones (excluding diaryl/α,β-unsaturated/α-hetero) is 1. The molecule has 0 aliphatic rings. The van der Waals surface area contributed by atoms with E-state index in [1.165, 1.54) is 6.92 Å². The molecule has 1 atom stereocenters. The smallest absolute Gasteiger partial charge is 0.242 e. The molecule has 98 valence electrons. The largest absolute Gasteiger partial charge is 0.347 e. The van der Waals surface area contributed by atoms with Gasteiger partial charge in [-0.05, 0) is 19.3 Å². The van der Waals surface area contributed by atoms with Crippen LogP contribution in [-0.4, -0.2) is 36.7 Å². The van der Waals surface area contributed by atoms with Crippen molar-refractivity contribution >= 4 is 17.6 Å². The number of rotatable bonds is 7. The Morgan fingerprint density at radius 1 is 1.24 bits per heavy atom. The van der Waals surface area contributed by atoms with Gasteiger partial charge in [0.05, 0.1) is 13.1 Å². The van der Waals surface area contributed by atoms with E-state index in [-0.39, 0.29) is 36.6 Å². The van der Waals surface area contributed by atoms with Crippen molar-refractivity contribution in [2.75, 3.05) is 13.1 Å². The zero-order chi connectivity index (χ0) is 13.4. The Morgan fingerprint density at radius 3 is 2.24 bits per heavy atom. The third-order valence-electron chi connectivity index (χ3n) is 2.06. The molecule has 0 unspecified atom stereocenters. The average Bonchev–Trinajstić information content (AvgIpc) is 2.23. The molecule has 6 heteroatoms. The lowest BCUT2D eigenvalue weighted by Crippen LogP contribution is -2.49. The highest BCUT2D eigenvalue weighted by atomic mass is 16.2.